The van der Waals surface area contributed by atoms with Crippen molar-refractivity contribution in [2.24, 2.45) is 0 Å². The molecule has 1 aromatic carbocycles. The quantitative estimate of drug-likeness (QED) is 0.463. The smallest absolute Gasteiger partial charge is 0.274 e. The molecule has 0 atom stereocenters. The summed E-state index contributed by atoms with van der Waals surface area (Å²) < 4.78 is 0. The van der Waals surface area contributed by atoms with Crippen LogP contribution in [0.25, 0.3) is 0 Å². The molecule has 7 nitrogen and oxygen atoms in total. The van der Waals surface area contributed by atoms with Crippen LogP contribution in [0.3, 0.4) is 0 Å². The average Bonchev–Trinajstić information content (AvgIpc) is 2.68. The van der Waals surface area contributed by atoms with E-state index in [2.05, 4.69) is 15.3 Å². The topological polar surface area (TPSA) is 129 Å². The number of nitrogens with one attached hydrogen (secondary N) is 2. The summed E-state index contributed by atoms with van der Waals surface area (Å²) in [7, 11) is 0. The number of nitriles is 1. The molecule has 2 aromatic heterocycles. The number of amides is 1. The second kappa shape index (κ2) is 7.86. The molecular formula is C20H15ClN6O. The maximum absolute atomic E-state index is 12.5. The van der Waals surface area contributed by atoms with Crippen molar-refractivity contribution < 1.29 is 4.79 Å². The van der Waals surface area contributed by atoms with Gasteiger partial charge in [0.2, 0.25) is 0 Å². The standard InChI is InChI=1S/C20H15ClN6O/c1-11-4-12(7-22)8-26-19(11)20(28)27-15-2-3-17(23)16(6-15)18(24)13-5-14(21)10-25-9-13/h2-6,8-10,24H,23H2,1H3,(H,27,28). The molecule has 0 fully saturated rings. The minimum Gasteiger partial charge on any atom is -0.398 e. The summed E-state index contributed by atoms with van der Waals surface area (Å²) in [5.41, 5.74) is 9.12. The molecule has 4 N–H and O–H groups in total. The molecular weight excluding hydrogens is 376 g/mol. The van der Waals surface area contributed by atoms with Gasteiger partial charge in [0.25, 0.3) is 5.91 Å². The highest BCUT2D eigenvalue weighted by Crippen LogP contribution is 2.23. The van der Waals surface area contributed by atoms with Crippen LogP contribution in [0.5, 0.6) is 0 Å². The molecule has 2 heterocycles. The van der Waals surface area contributed by atoms with Crippen LogP contribution >= 0.6 is 11.6 Å². The first-order valence-corrected chi connectivity index (χ1v) is 8.54. The monoisotopic (exact) mass is 390 g/mol. The minimum atomic E-state index is -0.423. The number of nitrogen functional groups attached to an aromatic ring is 1. The van der Waals surface area contributed by atoms with E-state index in [0.717, 1.165) is 0 Å². The highest BCUT2D eigenvalue weighted by Gasteiger charge is 2.15. The summed E-state index contributed by atoms with van der Waals surface area (Å²) in [6.45, 7) is 1.71. The van der Waals surface area contributed by atoms with Crippen molar-refractivity contribution in [2.75, 3.05) is 11.1 Å². The first-order valence-electron chi connectivity index (χ1n) is 8.16. The highest BCUT2D eigenvalue weighted by atomic mass is 35.5. The van der Waals surface area contributed by atoms with Crippen LogP contribution in [-0.4, -0.2) is 21.6 Å². The van der Waals surface area contributed by atoms with E-state index in [1.165, 1.54) is 18.6 Å². The van der Waals surface area contributed by atoms with Gasteiger partial charge in [0.15, 0.2) is 0 Å². The molecule has 0 saturated carbocycles. The fourth-order valence-corrected chi connectivity index (χ4v) is 2.79. The van der Waals surface area contributed by atoms with Crippen molar-refractivity contribution in [2.45, 2.75) is 6.92 Å². The van der Waals surface area contributed by atoms with Gasteiger partial charge in [0.05, 0.1) is 16.3 Å². The summed E-state index contributed by atoms with van der Waals surface area (Å²) in [5.74, 6) is -0.423. The van der Waals surface area contributed by atoms with Crippen molar-refractivity contribution in [3.63, 3.8) is 0 Å². The zero-order chi connectivity index (χ0) is 20.3. The Morgan fingerprint density at radius 3 is 2.71 bits per heavy atom. The van der Waals surface area contributed by atoms with E-state index in [9.17, 15) is 4.79 Å². The van der Waals surface area contributed by atoms with Crippen LogP contribution in [0.1, 0.15) is 32.7 Å². The van der Waals surface area contributed by atoms with Gasteiger partial charge >= 0.3 is 0 Å². The van der Waals surface area contributed by atoms with E-state index in [1.54, 1.807) is 37.3 Å². The van der Waals surface area contributed by atoms with Crippen molar-refractivity contribution in [1.29, 1.82) is 10.7 Å². The summed E-state index contributed by atoms with van der Waals surface area (Å²) >= 11 is 5.95. The summed E-state index contributed by atoms with van der Waals surface area (Å²) in [6, 6.07) is 10.0. The number of nitrogens with two attached hydrogens (primary N) is 1. The fraction of sp³-hybridized carbons (Fsp3) is 0.0500. The van der Waals surface area contributed by atoms with Crippen LogP contribution < -0.4 is 11.1 Å². The molecule has 0 bridgehead atoms. The van der Waals surface area contributed by atoms with Gasteiger partial charge in [-0.25, -0.2) is 4.98 Å². The molecule has 8 heteroatoms. The largest absolute Gasteiger partial charge is 0.398 e. The molecule has 1 amide bonds. The third-order valence-corrected chi connectivity index (χ3v) is 4.20. The molecule has 0 aliphatic heterocycles. The van der Waals surface area contributed by atoms with E-state index in [1.807, 2.05) is 6.07 Å². The Balaban J connectivity index is 1.88. The van der Waals surface area contributed by atoms with Crippen molar-refractivity contribution in [1.82, 2.24) is 9.97 Å². The molecule has 0 aliphatic rings. The number of anilines is 2. The zero-order valence-corrected chi connectivity index (χ0v) is 15.6. The van der Waals surface area contributed by atoms with Crippen molar-refractivity contribution in [3.8, 4) is 6.07 Å². The number of rotatable bonds is 4. The first kappa shape index (κ1) is 19.0. The Bertz CT molecular complexity index is 1140. The molecule has 0 radical (unpaired) electrons. The normalized spacial score (nSPS) is 10.2. The molecule has 0 saturated heterocycles. The summed E-state index contributed by atoms with van der Waals surface area (Å²) in [6.07, 6.45) is 4.34. The van der Waals surface area contributed by atoms with Crippen LogP contribution in [-0.2, 0) is 0 Å². The van der Waals surface area contributed by atoms with E-state index in [0.29, 0.717) is 38.7 Å². The number of benzene rings is 1. The molecule has 3 rings (SSSR count). The summed E-state index contributed by atoms with van der Waals surface area (Å²) in [4.78, 5) is 20.6. The Morgan fingerprint density at radius 2 is 2.04 bits per heavy atom. The second-order valence-electron chi connectivity index (χ2n) is 6.02. The lowest BCUT2D eigenvalue weighted by Gasteiger charge is -2.12. The maximum atomic E-state index is 12.5. The second-order valence-corrected chi connectivity index (χ2v) is 6.46. The van der Waals surface area contributed by atoms with Crippen LogP contribution in [0, 0.1) is 23.7 Å². The maximum Gasteiger partial charge on any atom is 0.274 e. The molecule has 0 aliphatic carbocycles. The number of pyridine rings is 2. The van der Waals surface area contributed by atoms with Gasteiger partial charge in [-0.2, -0.15) is 5.26 Å². The number of aryl methyl sites for hydroxylation is 1. The molecule has 28 heavy (non-hydrogen) atoms. The first-order chi connectivity index (χ1) is 13.4. The molecule has 0 spiro atoms. The minimum absolute atomic E-state index is 0.135. The number of halogens is 1. The van der Waals surface area contributed by atoms with Gasteiger partial charge in [0.1, 0.15) is 11.8 Å². The Kier molecular flexibility index (Phi) is 5.34. The Hall–Kier alpha value is -3.76. The van der Waals surface area contributed by atoms with Crippen molar-refractivity contribution in [3.05, 3.63) is 81.9 Å². The van der Waals surface area contributed by atoms with Gasteiger partial charge in [-0.05, 0) is 42.8 Å². The highest BCUT2D eigenvalue weighted by molar-refractivity contribution is 6.31. The van der Waals surface area contributed by atoms with E-state index < -0.39 is 5.91 Å². The third-order valence-electron chi connectivity index (χ3n) is 4.00. The predicted molar refractivity (Wildman–Crippen MR) is 108 cm³/mol. The van der Waals surface area contributed by atoms with Gasteiger partial charge in [-0.15, -0.1) is 0 Å². The third kappa shape index (κ3) is 3.98. The summed E-state index contributed by atoms with van der Waals surface area (Å²) in [5, 5.41) is 20.5. The SMILES string of the molecule is Cc1cc(C#N)cnc1C(=O)Nc1ccc(N)c(C(=N)c2cncc(Cl)c2)c1. The van der Waals surface area contributed by atoms with Gasteiger partial charge in [-0.1, -0.05) is 11.6 Å². The number of carbonyl (C=O) groups excluding carboxylic acids is 1. The lowest BCUT2D eigenvalue weighted by molar-refractivity contribution is 0.102. The number of nitrogens with zero attached hydrogens (tertiary/aromatic N) is 3. The number of aromatic nitrogens is 2. The molecule has 0 unspecified atom stereocenters. The fourth-order valence-electron chi connectivity index (χ4n) is 2.62. The van der Waals surface area contributed by atoms with E-state index in [-0.39, 0.29) is 11.4 Å². The zero-order valence-electron chi connectivity index (χ0n) is 14.8. The van der Waals surface area contributed by atoms with Crippen molar-refractivity contribution >= 4 is 34.6 Å². The van der Waals surface area contributed by atoms with Crippen LogP contribution in [0.4, 0.5) is 11.4 Å². The number of hydrogen-bond donors (Lipinski definition) is 3. The lowest BCUT2D eigenvalue weighted by Crippen LogP contribution is -2.16. The van der Waals surface area contributed by atoms with E-state index >= 15 is 0 Å². The Morgan fingerprint density at radius 1 is 1.25 bits per heavy atom. The number of hydrogen-bond acceptors (Lipinski definition) is 6. The number of carbonyl (C=O) groups is 1. The van der Waals surface area contributed by atoms with Gasteiger partial charge in [0, 0.05) is 41.1 Å². The van der Waals surface area contributed by atoms with Crippen LogP contribution in [0.2, 0.25) is 5.02 Å². The lowest BCUT2D eigenvalue weighted by atomic mass is 10.0. The average molecular weight is 391 g/mol. The van der Waals surface area contributed by atoms with Gasteiger partial charge < -0.3 is 11.1 Å². The van der Waals surface area contributed by atoms with Gasteiger partial charge in [-0.3, -0.25) is 15.2 Å². The van der Waals surface area contributed by atoms with E-state index in [4.69, 9.17) is 28.0 Å². The predicted octanol–water partition coefficient (Wildman–Crippen LogP) is 3.56. The van der Waals surface area contributed by atoms with Crippen LogP contribution in [0.15, 0.2) is 48.9 Å². The Labute approximate surface area is 166 Å². The molecule has 138 valence electrons. The molecule has 3 aromatic rings.